The first-order chi connectivity index (χ1) is 17.1. The molecule has 6 heteroatoms. The van der Waals surface area contributed by atoms with Crippen molar-refractivity contribution in [2.75, 3.05) is 19.8 Å². The Morgan fingerprint density at radius 1 is 1.11 bits per heavy atom. The molecular formula is C29H31N3O3. The number of nitrogens with zero attached hydrogens (tertiary/aromatic N) is 2. The molecule has 6 nitrogen and oxygen atoms in total. The number of benzene rings is 2. The Kier molecular flexibility index (Phi) is 6.82. The standard InChI is InChI=1S/C29H31N3O3/c1-20-21(2)31-28-26(20)10-6-11-27(28)29(33)32(17-24-8-3-4-13-30-24)16-22-7-5-9-25(15-22)35-19-23-12-14-34-18-23/h3-11,13,15,23,31H,12,14,16-19H2,1-2H3/t23-/m0/s1. The molecule has 0 radical (unpaired) electrons. The van der Waals surface area contributed by atoms with Crippen LogP contribution in [0.4, 0.5) is 0 Å². The van der Waals surface area contributed by atoms with Gasteiger partial charge in [0.05, 0.1) is 36.5 Å². The summed E-state index contributed by atoms with van der Waals surface area (Å²) in [5.74, 6) is 1.23. The van der Waals surface area contributed by atoms with Crippen molar-refractivity contribution in [3.05, 3.63) is 94.9 Å². The molecule has 2 aromatic heterocycles. The van der Waals surface area contributed by atoms with Crippen LogP contribution < -0.4 is 4.74 Å². The van der Waals surface area contributed by atoms with E-state index >= 15 is 0 Å². The summed E-state index contributed by atoms with van der Waals surface area (Å²) in [6.45, 7) is 7.21. The molecule has 4 aromatic rings. The number of hydrogen-bond donors (Lipinski definition) is 1. The van der Waals surface area contributed by atoms with E-state index in [2.05, 4.69) is 23.0 Å². The lowest BCUT2D eigenvalue weighted by Gasteiger charge is -2.23. The van der Waals surface area contributed by atoms with Gasteiger partial charge in [-0.05, 0) is 61.7 Å². The molecule has 180 valence electrons. The van der Waals surface area contributed by atoms with E-state index in [4.69, 9.17) is 9.47 Å². The minimum Gasteiger partial charge on any atom is -0.493 e. The molecule has 1 aliphatic rings. The summed E-state index contributed by atoms with van der Waals surface area (Å²) in [4.78, 5) is 23.6. The van der Waals surface area contributed by atoms with Crippen molar-refractivity contribution >= 4 is 16.8 Å². The number of carbonyl (C=O) groups is 1. The molecule has 3 heterocycles. The minimum atomic E-state index is -0.0306. The Morgan fingerprint density at radius 3 is 2.80 bits per heavy atom. The zero-order valence-electron chi connectivity index (χ0n) is 20.3. The number of aromatic amines is 1. The first-order valence-electron chi connectivity index (χ1n) is 12.1. The highest BCUT2D eigenvalue weighted by Crippen LogP contribution is 2.26. The Hall–Kier alpha value is -3.64. The topological polar surface area (TPSA) is 67.5 Å². The number of amides is 1. The molecular weight excluding hydrogens is 438 g/mol. The number of nitrogens with one attached hydrogen (secondary N) is 1. The maximum atomic E-state index is 13.9. The van der Waals surface area contributed by atoms with Crippen molar-refractivity contribution in [2.45, 2.75) is 33.4 Å². The highest BCUT2D eigenvalue weighted by atomic mass is 16.5. The van der Waals surface area contributed by atoms with Crippen molar-refractivity contribution in [3.63, 3.8) is 0 Å². The monoisotopic (exact) mass is 469 g/mol. The van der Waals surface area contributed by atoms with Crippen molar-refractivity contribution in [1.82, 2.24) is 14.9 Å². The second-order valence-corrected chi connectivity index (χ2v) is 9.27. The lowest BCUT2D eigenvalue weighted by atomic mass is 10.1. The Balaban J connectivity index is 1.41. The smallest absolute Gasteiger partial charge is 0.256 e. The number of fused-ring (bicyclic) bond motifs is 1. The summed E-state index contributed by atoms with van der Waals surface area (Å²) in [6, 6.07) is 19.7. The molecule has 0 saturated carbocycles. The van der Waals surface area contributed by atoms with Gasteiger partial charge in [0, 0.05) is 36.3 Å². The first-order valence-corrected chi connectivity index (χ1v) is 12.1. The Morgan fingerprint density at radius 2 is 2.00 bits per heavy atom. The quantitative estimate of drug-likeness (QED) is 0.373. The maximum absolute atomic E-state index is 13.9. The number of carbonyl (C=O) groups excluding carboxylic acids is 1. The summed E-state index contributed by atoms with van der Waals surface area (Å²) in [6.07, 6.45) is 2.80. The van der Waals surface area contributed by atoms with Gasteiger partial charge in [-0.25, -0.2) is 0 Å². The third-order valence-electron chi connectivity index (χ3n) is 6.72. The zero-order chi connectivity index (χ0) is 24.2. The second-order valence-electron chi connectivity index (χ2n) is 9.27. The van der Waals surface area contributed by atoms with Gasteiger partial charge in [-0.2, -0.15) is 0 Å². The molecule has 0 bridgehead atoms. The van der Waals surface area contributed by atoms with E-state index in [1.54, 1.807) is 6.20 Å². The van der Waals surface area contributed by atoms with Crippen LogP contribution in [0.1, 0.15) is 39.3 Å². The van der Waals surface area contributed by atoms with Crippen molar-refractivity contribution < 1.29 is 14.3 Å². The van der Waals surface area contributed by atoms with E-state index in [0.717, 1.165) is 53.2 Å². The molecule has 1 saturated heterocycles. The fourth-order valence-electron chi connectivity index (χ4n) is 4.60. The van der Waals surface area contributed by atoms with Crippen LogP contribution in [-0.2, 0) is 17.8 Å². The normalized spacial score (nSPS) is 15.4. The van der Waals surface area contributed by atoms with E-state index in [9.17, 15) is 4.79 Å². The van der Waals surface area contributed by atoms with Gasteiger partial charge < -0.3 is 19.4 Å². The number of aryl methyl sites for hydroxylation is 2. The molecule has 5 rings (SSSR count). The number of rotatable bonds is 8. The molecule has 0 spiro atoms. The van der Waals surface area contributed by atoms with E-state index in [0.29, 0.717) is 31.2 Å². The fraction of sp³-hybridized carbons (Fsp3) is 0.310. The van der Waals surface area contributed by atoms with E-state index < -0.39 is 0 Å². The van der Waals surface area contributed by atoms with E-state index in [-0.39, 0.29) is 5.91 Å². The summed E-state index contributed by atoms with van der Waals surface area (Å²) in [5.41, 5.74) is 5.66. The Labute approximate surface area is 205 Å². The fourth-order valence-corrected chi connectivity index (χ4v) is 4.60. The van der Waals surface area contributed by atoms with Gasteiger partial charge in [0.25, 0.3) is 5.91 Å². The minimum absolute atomic E-state index is 0.0306. The number of para-hydroxylation sites is 1. The molecule has 0 aliphatic carbocycles. The van der Waals surface area contributed by atoms with Gasteiger partial charge >= 0.3 is 0 Å². The van der Waals surface area contributed by atoms with Gasteiger partial charge in [-0.1, -0.05) is 30.3 Å². The number of aromatic nitrogens is 2. The summed E-state index contributed by atoms with van der Waals surface area (Å²) in [7, 11) is 0. The summed E-state index contributed by atoms with van der Waals surface area (Å²) < 4.78 is 11.5. The van der Waals surface area contributed by atoms with Crippen LogP contribution in [-0.4, -0.2) is 40.6 Å². The van der Waals surface area contributed by atoms with Crippen LogP contribution in [0, 0.1) is 19.8 Å². The molecule has 1 atom stereocenters. The van der Waals surface area contributed by atoms with Crippen molar-refractivity contribution in [1.29, 1.82) is 0 Å². The third kappa shape index (κ3) is 5.23. The summed E-state index contributed by atoms with van der Waals surface area (Å²) >= 11 is 0. The van der Waals surface area contributed by atoms with Crippen molar-refractivity contribution in [3.8, 4) is 5.75 Å². The van der Waals surface area contributed by atoms with Gasteiger partial charge in [0.1, 0.15) is 5.75 Å². The lowest BCUT2D eigenvalue weighted by molar-refractivity contribution is 0.0729. The predicted octanol–water partition coefficient (Wildman–Crippen LogP) is 5.44. The van der Waals surface area contributed by atoms with Crippen LogP contribution >= 0.6 is 0 Å². The van der Waals surface area contributed by atoms with Crippen molar-refractivity contribution in [2.24, 2.45) is 5.92 Å². The average molecular weight is 470 g/mol. The molecule has 1 amide bonds. The van der Waals surface area contributed by atoms with Crippen LogP contribution in [0.25, 0.3) is 10.9 Å². The SMILES string of the molecule is Cc1[nH]c2c(C(=O)N(Cc3cccc(OC[C@H]4CCOC4)c3)Cc3ccccn3)cccc2c1C. The first kappa shape index (κ1) is 23.1. The van der Waals surface area contributed by atoms with E-state index in [1.165, 1.54) is 5.56 Å². The average Bonchev–Trinajstić information content (AvgIpc) is 3.51. The zero-order valence-corrected chi connectivity index (χ0v) is 20.3. The van der Waals surface area contributed by atoms with Crippen LogP contribution in [0.5, 0.6) is 5.75 Å². The van der Waals surface area contributed by atoms with Crippen LogP contribution in [0.3, 0.4) is 0 Å². The molecule has 2 aromatic carbocycles. The predicted molar refractivity (Wildman–Crippen MR) is 136 cm³/mol. The van der Waals surface area contributed by atoms with Crippen LogP contribution in [0.15, 0.2) is 66.9 Å². The number of ether oxygens (including phenoxy) is 2. The summed E-state index contributed by atoms with van der Waals surface area (Å²) in [5, 5.41) is 1.08. The van der Waals surface area contributed by atoms with Gasteiger partial charge in [-0.15, -0.1) is 0 Å². The van der Waals surface area contributed by atoms with Crippen LogP contribution in [0.2, 0.25) is 0 Å². The van der Waals surface area contributed by atoms with E-state index in [1.807, 2.05) is 66.4 Å². The molecule has 1 fully saturated rings. The van der Waals surface area contributed by atoms with Gasteiger partial charge in [0.2, 0.25) is 0 Å². The number of hydrogen-bond acceptors (Lipinski definition) is 4. The number of H-pyrrole nitrogens is 1. The maximum Gasteiger partial charge on any atom is 0.256 e. The van der Waals surface area contributed by atoms with Gasteiger partial charge in [-0.3, -0.25) is 9.78 Å². The third-order valence-corrected chi connectivity index (χ3v) is 6.72. The number of pyridine rings is 1. The highest BCUT2D eigenvalue weighted by molar-refractivity contribution is 6.06. The second kappa shape index (κ2) is 10.3. The molecule has 1 aliphatic heterocycles. The lowest BCUT2D eigenvalue weighted by Crippen LogP contribution is -2.30. The Bertz CT molecular complexity index is 1310. The molecule has 0 unspecified atom stereocenters. The highest BCUT2D eigenvalue weighted by Gasteiger charge is 2.22. The molecule has 1 N–H and O–H groups in total. The largest absolute Gasteiger partial charge is 0.493 e. The van der Waals surface area contributed by atoms with Gasteiger partial charge in [0.15, 0.2) is 0 Å². The molecule has 35 heavy (non-hydrogen) atoms.